The summed E-state index contributed by atoms with van der Waals surface area (Å²) in [7, 11) is 0. The number of nitrogens with zero attached hydrogens (tertiary/aromatic N) is 4. The average molecular weight is 675 g/mol. The van der Waals surface area contributed by atoms with Gasteiger partial charge in [0.1, 0.15) is 34.9 Å². The predicted molar refractivity (Wildman–Crippen MR) is 175 cm³/mol. The number of rotatable bonds is 7. The number of likely N-dealkylation sites (tertiary alicyclic amines) is 1. The highest BCUT2D eigenvalue weighted by Crippen LogP contribution is 2.52. The van der Waals surface area contributed by atoms with E-state index in [1.54, 1.807) is 49.9 Å². The molecule has 5 saturated heterocycles. The van der Waals surface area contributed by atoms with Crippen molar-refractivity contribution < 1.29 is 34.2 Å². The van der Waals surface area contributed by atoms with Crippen molar-refractivity contribution in [1.29, 1.82) is 0 Å². The van der Waals surface area contributed by atoms with Crippen LogP contribution in [0, 0.1) is 0 Å². The Balaban J connectivity index is 0.000000182. The van der Waals surface area contributed by atoms with Gasteiger partial charge in [-0.15, -0.1) is 23.5 Å². The lowest BCUT2D eigenvalue weighted by Crippen LogP contribution is -2.71. The van der Waals surface area contributed by atoms with Crippen LogP contribution in [0.5, 0.6) is 0 Å². The van der Waals surface area contributed by atoms with E-state index in [4.69, 9.17) is 5.73 Å². The molecule has 250 valence electrons. The Morgan fingerprint density at radius 2 is 1.41 bits per heavy atom. The molecule has 6 rings (SSSR count). The van der Waals surface area contributed by atoms with Gasteiger partial charge in [-0.1, -0.05) is 43.2 Å². The van der Waals surface area contributed by atoms with Crippen LogP contribution in [0.2, 0.25) is 0 Å². The number of amides is 3. The number of β-lactam (4-membered cyclic amide) rings is 2. The molecule has 0 saturated carbocycles. The van der Waals surface area contributed by atoms with Crippen LogP contribution < -0.4 is 11.1 Å². The minimum atomic E-state index is -1.03. The fourth-order valence-corrected chi connectivity index (χ4v) is 9.95. The third kappa shape index (κ3) is 6.33. The Hall–Kier alpha value is -3.30. The lowest BCUT2D eigenvalue weighted by Gasteiger charge is -2.43. The summed E-state index contributed by atoms with van der Waals surface area (Å²) in [6.45, 7) is 9.34. The van der Waals surface area contributed by atoms with Crippen LogP contribution in [0.25, 0.3) is 0 Å². The van der Waals surface area contributed by atoms with Gasteiger partial charge in [0.15, 0.2) is 6.04 Å². The number of aliphatic imine (C=N–C) groups is 1. The number of carbonyl (C=O) groups excluding carboxylic acids is 3. The molecule has 3 amide bonds. The molecule has 15 heteroatoms. The summed E-state index contributed by atoms with van der Waals surface area (Å²) in [5.41, 5.74) is 6.59. The third-order valence-corrected chi connectivity index (χ3v) is 12.2. The summed E-state index contributed by atoms with van der Waals surface area (Å²) in [6.07, 6.45) is 6.67. The number of aliphatic carboxylic acids is 2. The molecule has 5 fully saturated rings. The first kappa shape index (κ1) is 34.0. The number of thioether (sulfide) groups is 2. The van der Waals surface area contributed by atoms with E-state index < -0.39 is 57.5 Å². The maximum atomic E-state index is 12.3. The topological polar surface area (TPSA) is 186 Å². The first-order chi connectivity index (χ1) is 21.7. The third-order valence-electron chi connectivity index (χ3n) is 9.09. The van der Waals surface area contributed by atoms with Crippen molar-refractivity contribution in [3.63, 3.8) is 0 Å². The number of benzene rings is 1. The quantitative estimate of drug-likeness (QED) is 0.188. The Kier molecular flexibility index (Phi) is 9.67. The molecule has 5 N–H and O–H groups in total. The predicted octanol–water partition coefficient (Wildman–Crippen LogP) is 1.72. The molecule has 5 aliphatic heterocycles. The lowest BCUT2D eigenvalue weighted by atomic mass is 9.95. The van der Waals surface area contributed by atoms with E-state index in [1.807, 2.05) is 26.3 Å². The van der Waals surface area contributed by atoms with Crippen LogP contribution in [-0.4, -0.2) is 118 Å². The normalized spacial score (nSPS) is 31.5. The van der Waals surface area contributed by atoms with Crippen molar-refractivity contribution >= 4 is 59.5 Å². The van der Waals surface area contributed by atoms with Crippen molar-refractivity contribution in [2.75, 3.05) is 13.1 Å². The van der Waals surface area contributed by atoms with Gasteiger partial charge in [0, 0.05) is 22.6 Å². The molecule has 0 radical (unpaired) electrons. The zero-order valence-corrected chi connectivity index (χ0v) is 28.0. The Bertz CT molecular complexity index is 1400. The van der Waals surface area contributed by atoms with Crippen molar-refractivity contribution in [2.45, 2.75) is 104 Å². The molecule has 1 aromatic rings. The van der Waals surface area contributed by atoms with Gasteiger partial charge < -0.3 is 36.0 Å². The van der Waals surface area contributed by atoms with Crippen LogP contribution in [-0.2, 0) is 24.0 Å². The van der Waals surface area contributed by atoms with Gasteiger partial charge in [-0.3, -0.25) is 19.4 Å². The number of carbonyl (C=O) groups is 5. The summed E-state index contributed by atoms with van der Waals surface area (Å²) >= 11 is 2.93. The molecule has 1 aromatic carbocycles. The smallest absolute Gasteiger partial charge is 0.327 e. The molecule has 0 spiro atoms. The molecule has 5 aliphatic rings. The Morgan fingerprint density at radius 3 is 1.96 bits per heavy atom. The summed E-state index contributed by atoms with van der Waals surface area (Å²) < 4.78 is -1.09. The van der Waals surface area contributed by atoms with Gasteiger partial charge in [-0.25, -0.2) is 9.59 Å². The van der Waals surface area contributed by atoms with E-state index in [0.717, 1.165) is 13.1 Å². The number of nitrogens with one attached hydrogen (secondary N) is 1. The lowest BCUT2D eigenvalue weighted by molar-refractivity contribution is -0.161. The second-order valence-electron chi connectivity index (χ2n) is 13.2. The molecule has 5 heterocycles. The molecule has 13 nitrogen and oxygen atoms in total. The largest absolute Gasteiger partial charge is 0.480 e. The van der Waals surface area contributed by atoms with E-state index in [2.05, 4.69) is 15.2 Å². The first-order valence-corrected chi connectivity index (χ1v) is 17.3. The monoisotopic (exact) mass is 674 g/mol. The number of nitrogens with two attached hydrogens (primary N) is 1. The minimum Gasteiger partial charge on any atom is -0.480 e. The van der Waals surface area contributed by atoms with Crippen molar-refractivity contribution in [3.05, 3.63) is 35.9 Å². The van der Waals surface area contributed by atoms with Crippen molar-refractivity contribution in [3.8, 4) is 0 Å². The molecule has 7 atom stereocenters. The van der Waals surface area contributed by atoms with E-state index in [9.17, 15) is 34.2 Å². The van der Waals surface area contributed by atoms with Gasteiger partial charge in [-0.05, 0) is 46.1 Å². The summed E-state index contributed by atoms with van der Waals surface area (Å²) in [5, 5.41) is 20.9. The molecular weight excluding hydrogens is 633 g/mol. The van der Waals surface area contributed by atoms with Gasteiger partial charge in [-0.2, -0.15) is 0 Å². The van der Waals surface area contributed by atoms with E-state index in [1.165, 1.54) is 47.2 Å². The van der Waals surface area contributed by atoms with E-state index in [0.29, 0.717) is 5.56 Å². The van der Waals surface area contributed by atoms with Crippen LogP contribution in [0.15, 0.2) is 35.3 Å². The second-order valence-corrected chi connectivity index (χ2v) is 16.8. The molecule has 0 unspecified atom stereocenters. The standard InChI is InChI=1S/C16H19N3O4S.C15H23N3O3S/c1-16(2)11(15(22)23)19-13(21)10(14(19)24-16)18-12(20)9(17)8-6-4-3-5-7-8;1-15(2)11(14(20)21)18-12(19)10(13(18)22-15)16-9-17-7-5-3-4-6-8-17/h3-7,9-11,14H,17H2,1-2H3,(H,18,20)(H,22,23);9-11,13H,3-8H2,1-2H3,(H,20,21)/t9-,10-,11+,14-;10-,11+,13-/m11/s1. The molecule has 0 aliphatic carbocycles. The highest BCUT2D eigenvalue weighted by molar-refractivity contribution is 8.02. The Morgan fingerprint density at radius 1 is 0.891 bits per heavy atom. The van der Waals surface area contributed by atoms with Crippen molar-refractivity contribution in [1.82, 2.24) is 20.0 Å². The molecule has 0 bridgehead atoms. The summed E-state index contributed by atoms with van der Waals surface area (Å²) in [4.78, 5) is 69.4. The maximum absolute atomic E-state index is 12.3. The van der Waals surface area contributed by atoms with Gasteiger partial charge in [0.05, 0.1) is 6.34 Å². The zero-order chi connectivity index (χ0) is 33.6. The SMILES string of the molecule is CC1(C)S[C@@H]2[C@H](N=CN3CCCCCC3)C(=O)N2[C@H]1C(=O)O.CC1(C)S[C@@H]2[C@H](NC(=O)[C@H](N)c3ccccc3)C(=O)N2[C@H]1C(=O)O. The highest BCUT2D eigenvalue weighted by atomic mass is 32.2. The summed E-state index contributed by atoms with van der Waals surface area (Å²) in [6, 6.07) is 5.21. The van der Waals surface area contributed by atoms with E-state index in [-0.39, 0.29) is 22.6 Å². The molecular formula is C31H42N6O7S2. The Labute approximate surface area is 276 Å². The number of carboxylic acids is 2. The zero-order valence-electron chi connectivity index (χ0n) is 26.4. The molecule has 0 aromatic heterocycles. The van der Waals surface area contributed by atoms with Gasteiger partial charge >= 0.3 is 11.9 Å². The summed E-state index contributed by atoms with van der Waals surface area (Å²) in [5.74, 6) is -2.94. The highest BCUT2D eigenvalue weighted by Gasteiger charge is 2.65. The number of hydrogen-bond donors (Lipinski definition) is 4. The fourth-order valence-electron chi connectivity index (χ4n) is 6.71. The van der Waals surface area contributed by atoms with Crippen LogP contribution in [0.3, 0.4) is 0 Å². The number of hydrogen-bond acceptors (Lipinski definition) is 9. The second kappa shape index (κ2) is 13.1. The number of fused-ring (bicyclic) bond motifs is 2. The number of carboxylic acid groups (broad SMARTS) is 2. The van der Waals surface area contributed by atoms with Gasteiger partial charge in [0.2, 0.25) is 11.8 Å². The molecule has 46 heavy (non-hydrogen) atoms. The first-order valence-electron chi connectivity index (χ1n) is 15.5. The van der Waals surface area contributed by atoms with E-state index >= 15 is 0 Å². The fraction of sp³-hybridized carbons (Fsp3) is 0.613. The minimum absolute atomic E-state index is 0.133. The van der Waals surface area contributed by atoms with Crippen LogP contribution in [0.4, 0.5) is 0 Å². The van der Waals surface area contributed by atoms with Gasteiger partial charge in [0.25, 0.3) is 5.91 Å². The van der Waals surface area contributed by atoms with Crippen molar-refractivity contribution in [2.24, 2.45) is 10.7 Å². The van der Waals surface area contributed by atoms with Crippen LogP contribution >= 0.6 is 23.5 Å². The average Bonchev–Trinajstić information content (AvgIpc) is 3.23. The van der Waals surface area contributed by atoms with Crippen LogP contribution in [0.1, 0.15) is 65.0 Å². The maximum Gasteiger partial charge on any atom is 0.327 e.